The predicted octanol–water partition coefficient (Wildman–Crippen LogP) is 3.97. The zero-order chi connectivity index (χ0) is 18.0. The van der Waals surface area contributed by atoms with Crippen molar-refractivity contribution in [3.8, 4) is 6.07 Å². The largest absolute Gasteiger partial charge is 0.444 e. The second-order valence-corrected chi connectivity index (χ2v) is 7.70. The summed E-state index contributed by atoms with van der Waals surface area (Å²) in [4.78, 5) is 21.8. The molecule has 0 aromatic carbocycles. The Hall–Kier alpha value is -2.55. The van der Waals surface area contributed by atoms with E-state index in [1.165, 1.54) is 19.3 Å². The van der Waals surface area contributed by atoms with Crippen molar-refractivity contribution in [2.75, 3.05) is 6.54 Å². The Labute approximate surface area is 147 Å². The van der Waals surface area contributed by atoms with Crippen LogP contribution in [0.25, 0.3) is 11.0 Å². The van der Waals surface area contributed by atoms with Crippen LogP contribution in [0.15, 0.2) is 18.2 Å². The van der Waals surface area contributed by atoms with E-state index < -0.39 is 5.60 Å². The van der Waals surface area contributed by atoms with E-state index in [4.69, 9.17) is 10.00 Å². The summed E-state index contributed by atoms with van der Waals surface area (Å²) in [6.45, 7) is 6.79. The number of H-pyrrole nitrogens is 1. The van der Waals surface area contributed by atoms with E-state index in [2.05, 4.69) is 9.97 Å². The van der Waals surface area contributed by atoms with Crippen LogP contribution in [0.1, 0.15) is 51.4 Å². The second-order valence-electron chi connectivity index (χ2n) is 7.70. The number of nitriles is 1. The zero-order valence-corrected chi connectivity index (χ0v) is 15.0. The normalized spacial score (nSPS) is 14.8. The van der Waals surface area contributed by atoms with Gasteiger partial charge in [-0.3, -0.25) is 0 Å². The minimum Gasteiger partial charge on any atom is -0.444 e. The zero-order valence-electron chi connectivity index (χ0n) is 15.0. The Kier molecular flexibility index (Phi) is 4.67. The minimum atomic E-state index is -0.515. The van der Waals surface area contributed by atoms with Crippen LogP contribution >= 0.6 is 0 Å². The summed E-state index contributed by atoms with van der Waals surface area (Å²) in [7, 11) is 0. The lowest BCUT2D eigenvalue weighted by Gasteiger charge is -2.33. The van der Waals surface area contributed by atoms with Gasteiger partial charge in [-0.25, -0.2) is 9.78 Å². The molecule has 1 N–H and O–H groups in total. The number of hydrogen-bond acceptors (Lipinski definition) is 4. The first kappa shape index (κ1) is 17.3. The molecule has 2 aromatic heterocycles. The van der Waals surface area contributed by atoms with E-state index >= 15 is 0 Å². The van der Waals surface area contributed by atoms with Crippen LogP contribution < -0.4 is 0 Å². The van der Waals surface area contributed by atoms with E-state index in [9.17, 15) is 4.79 Å². The molecule has 1 amide bonds. The molecule has 3 rings (SSSR count). The van der Waals surface area contributed by atoms with Gasteiger partial charge in [-0.1, -0.05) is 6.42 Å². The number of aromatic nitrogens is 2. The molecule has 1 aliphatic carbocycles. The van der Waals surface area contributed by atoms with E-state index in [1.54, 1.807) is 11.0 Å². The highest BCUT2D eigenvalue weighted by Gasteiger charge is 2.27. The van der Waals surface area contributed by atoms with Crippen LogP contribution in [0.5, 0.6) is 0 Å². The molecule has 6 heteroatoms. The first-order valence-corrected chi connectivity index (χ1v) is 8.71. The first-order valence-electron chi connectivity index (χ1n) is 8.71. The minimum absolute atomic E-state index is 0.288. The van der Waals surface area contributed by atoms with Crippen molar-refractivity contribution in [2.24, 2.45) is 5.92 Å². The Morgan fingerprint density at radius 3 is 2.80 bits per heavy atom. The lowest BCUT2D eigenvalue weighted by atomic mass is 9.85. The third-order valence-corrected chi connectivity index (χ3v) is 4.37. The van der Waals surface area contributed by atoms with Gasteiger partial charge >= 0.3 is 6.09 Å². The fraction of sp³-hybridized carbons (Fsp3) is 0.526. The van der Waals surface area contributed by atoms with Gasteiger partial charge in [0, 0.05) is 17.6 Å². The van der Waals surface area contributed by atoms with Crippen molar-refractivity contribution in [1.29, 1.82) is 5.26 Å². The predicted molar refractivity (Wildman–Crippen MR) is 94.8 cm³/mol. The SMILES string of the molecule is CC(C)(C)OC(=O)N(Cc1cc2ccc(C#N)nc2[nH]1)CC1CCC1. The third-order valence-electron chi connectivity index (χ3n) is 4.37. The molecule has 0 unspecified atom stereocenters. The molecule has 0 aliphatic heterocycles. The van der Waals surface area contributed by atoms with E-state index in [0.29, 0.717) is 30.3 Å². The topological polar surface area (TPSA) is 82.0 Å². The van der Waals surface area contributed by atoms with Gasteiger partial charge < -0.3 is 14.6 Å². The summed E-state index contributed by atoms with van der Waals surface area (Å²) in [6.07, 6.45) is 3.28. The van der Waals surface area contributed by atoms with Crippen LogP contribution in [0, 0.1) is 17.2 Å². The van der Waals surface area contributed by atoms with E-state index in [1.807, 2.05) is 39.0 Å². The molecule has 1 aliphatic rings. The number of rotatable bonds is 4. The molecule has 132 valence electrons. The third kappa shape index (κ3) is 4.30. The van der Waals surface area contributed by atoms with Crippen LogP contribution in [-0.4, -0.2) is 33.1 Å². The van der Waals surface area contributed by atoms with Crippen molar-refractivity contribution in [2.45, 2.75) is 52.2 Å². The summed E-state index contributed by atoms with van der Waals surface area (Å²) in [5, 5.41) is 9.90. The number of ether oxygens (including phenoxy) is 1. The van der Waals surface area contributed by atoms with Crippen molar-refractivity contribution in [3.05, 3.63) is 29.6 Å². The van der Waals surface area contributed by atoms with Gasteiger partial charge in [0.25, 0.3) is 0 Å². The maximum atomic E-state index is 12.6. The average molecular weight is 340 g/mol. The lowest BCUT2D eigenvalue weighted by Crippen LogP contribution is -2.40. The van der Waals surface area contributed by atoms with Gasteiger partial charge in [0.15, 0.2) is 0 Å². The average Bonchev–Trinajstić information content (AvgIpc) is 2.88. The molecule has 0 bridgehead atoms. The number of amides is 1. The molecule has 0 spiro atoms. The Morgan fingerprint density at radius 2 is 2.20 bits per heavy atom. The summed E-state index contributed by atoms with van der Waals surface area (Å²) in [5.74, 6) is 0.556. The lowest BCUT2D eigenvalue weighted by molar-refractivity contribution is 0.0171. The smallest absolute Gasteiger partial charge is 0.410 e. The number of carbonyl (C=O) groups is 1. The van der Waals surface area contributed by atoms with Gasteiger partial charge in [-0.2, -0.15) is 5.26 Å². The Morgan fingerprint density at radius 1 is 1.44 bits per heavy atom. The van der Waals surface area contributed by atoms with Gasteiger partial charge in [-0.15, -0.1) is 0 Å². The molecule has 0 saturated heterocycles. The molecule has 0 radical (unpaired) electrons. The van der Waals surface area contributed by atoms with Crippen LogP contribution in [-0.2, 0) is 11.3 Å². The highest BCUT2D eigenvalue weighted by Crippen LogP contribution is 2.28. The first-order chi connectivity index (χ1) is 11.8. The van der Waals surface area contributed by atoms with E-state index in [0.717, 1.165) is 11.1 Å². The van der Waals surface area contributed by atoms with Crippen LogP contribution in [0.4, 0.5) is 4.79 Å². The summed E-state index contributed by atoms with van der Waals surface area (Å²) in [6, 6.07) is 7.57. The van der Waals surface area contributed by atoms with Gasteiger partial charge in [0.05, 0.1) is 6.54 Å². The Balaban J connectivity index is 1.78. The summed E-state index contributed by atoms with van der Waals surface area (Å²) in [5.41, 5.74) is 1.42. The van der Waals surface area contributed by atoms with Gasteiger partial charge in [-0.05, 0) is 57.7 Å². The maximum Gasteiger partial charge on any atom is 0.410 e. The number of aromatic amines is 1. The van der Waals surface area contributed by atoms with Gasteiger partial charge in [0.2, 0.25) is 0 Å². The standard InChI is InChI=1S/C19H24N4O2/c1-19(2,3)25-18(24)23(11-13-5-4-6-13)12-16-9-14-7-8-15(10-20)21-17(14)22-16/h7-9,13H,4-6,11-12H2,1-3H3,(H,21,22). The number of carbonyl (C=O) groups excluding carboxylic acids is 1. The number of nitrogens with zero attached hydrogens (tertiary/aromatic N) is 3. The quantitative estimate of drug-likeness (QED) is 0.913. The summed E-state index contributed by atoms with van der Waals surface area (Å²) < 4.78 is 5.57. The fourth-order valence-corrected chi connectivity index (χ4v) is 2.93. The Bertz CT molecular complexity index is 809. The summed E-state index contributed by atoms with van der Waals surface area (Å²) >= 11 is 0. The molecular formula is C19H24N4O2. The highest BCUT2D eigenvalue weighted by molar-refractivity contribution is 5.77. The number of hydrogen-bond donors (Lipinski definition) is 1. The van der Waals surface area contributed by atoms with Gasteiger partial charge in [0.1, 0.15) is 23.0 Å². The number of nitrogens with one attached hydrogen (secondary N) is 1. The number of fused-ring (bicyclic) bond motifs is 1. The number of pyridine rings is 1. The second kappa shape index (κ2) is 6.75. The molecule has 2 heterocycles. The molecular weight excluding hydrogens is 316 g/mol. The van der Waals surface area contributed by atoms with Crippen molar-refractivity contribution in [1.82, 2.24) is 14.9 Å². The molecule has 6 nitrogen and oxygen atoms in total. The molecule has 1 fully saturated rings. The van der Waals surface area contributed by atoms with Crippen molar-refractivity contribution < 1.29 is 9.53 Å². The highest BCUT2D eigenvalue weighted by atomic mass is 16.6. The van der Waals surface area contributed by atoms with E-state index in [-0.39, 0.29) is 6.09 Å². The van der Waals surface area contributed by atoms with Crippen molar-refractivity contribution >= 4 is 17.1 Å². The van der Waals surface area contributed by atoms with Crippen LogP contribution in [0.3, 0.4) is 0 Å². The maximum absolute atomic E-state index is 12.6. The molecule has 2 aromatic rings. The van der Waals surface area contributed by atoms with Crippen LogP contribution in [0.2, 0.25) is 0 Å². The van der Waals surface area contributed by atoms with Crippen molar-refractivity contribution in [3.63, 3.8) is 0 Å². The fourth-order valence-electron chi connectivity index (χ4n) is 2.93. The molecule has 1 saturated carbocycles. The molecule has 25 heavy (non-hydrogen) atoms. The molecule has 0 atom stereocenters. The monoisotopic (exact) mass is 340 g/mol.